The summed E-state index contributed by atoms with van der Waals surface area (Å²) in [7, 11) is 0. The molecule has 0 amide bonds. The molecule has 4 aliphatic rings. The van der Waals surface area contributed by atoms with E-state index >= 15 is 0 Å². The molecule has 1 aromatic heterocycles. The van der Waals surface area contributed by atoms with Crippen LogP contribution in [0.4, 0.5) is 5.82 Å². The Labute approximate surface area is 189 Å². The summed E-state index contributed by atoms with van der Waals surface area (Å²) in [4.78, 5) is 23.3. The fraction of sp³-hybridized carbons (Fsp3) is 0.444. The highest BCUT2D eigenvalue weighted by molar-refractivity contribution is 6.32. The summed E-state index contributed by atoms with van der Waals surface area (Å²) in [6.45, 7) is 8.63. The van der Waals surface area contributed by atoms with E-state index in [-0.39, 0.29) is 11.2 Å². The quantitative estimate of drug-likeness (QED) is 0.726. The van der Waals surface area contributed by atoms with Crippen molar-refractivity contribution >= 4 is 17.2 Å². The maximum Gasteiger partial charge on any atom is 0.195 e. The monoisotopic (exact) mass is 424 g/mol. The molecule has 5 heteroatoms. The van der Waals surface area contributed by atoms with Crippen LogP contribution in [0.15, 0.2) is 36.0 Å². The van der Waals surface area contributed by atoms with E-state index in [0.717, 1.165) is 72.3 Å². The summed E-state index contributed by atoms with van der Waals surface area (Å²) >= 11 is 0. The zero-order valence-corrected chi connectivity index (χ0v) is 18.8. The molecule has 0 spiro atoms. The van der Waals surface area contributed by atoms with Gasteiger partial charge in [0.15, 0.2) is 5.78 Å². The van der Waals surface area contributed by atoms with Gasteiger partial charge in [0, 0.05) is 55.0 Å². The normalized spacial score (nSPS) is 22.2. The van der Waals surface area contributed by atoms with E-state index in [1.807, 2.05) is 18.2 Å². The van der Waals surface area contributed by atoms with Crippen molar-refractivity contribution in [3.63, 3.8) is 0 Å². The van der Waals surface area contributed by atoms with E-state index in [4.69, 9.17) is 4.98 Å². The van der Waals surface area contributed by atoms with Gasteiger partial charge in [-0.1, -0.05) is 26.3 Å². The topological polar surface area (TPSA) is 60.2 Å². The first kappa shape index (κ1) is 19.7. The molecule has 0 unspecified atom stereocenters. The van der Waals surface area contributed by atoms with Gasteiger partial charge in [-0.15, -0.1) is 0 Å². The van der Waals surface area contributed by atoms with Gasteiger partial charge in [-0.2, -0.15) is 5.26 Å². The van der Waals surface area contributed by atoms with Gasteiger partial charge in [0.05, 0.1) is 11.6 Å². The van der Waals surface area contributed by atoms with Gasteiger partial charge in [0.2, 0.25) is 0 Å². The zero-order chi connectivity index (χ0) is 22.0. The standard InChI is InChI=1S/C27H28N4O/c1-27(2)22-14-24(31-10-8-30(9-11-31)19-4-3-5-19)29-16-21(22)26(32)25-20-7-6-17(15-28)12-18(20)13-23(25)27/h6-7,12,14,16,19H,3-5,8-11,13H2,1-2H3. The molecule has 2 aromatic rings. The van der Waals surface area contributed by atoms with Crippen LogP contribution in [0.25, 0.3) is 5.57 Å². The van der Waals surface area contributed by atoms with E-state index in [9.17, 15) is 10.1 Å². The lowest BCUT2D eigenvalue weighted by Crippen LogP contribution is -2.52. The molecule has 6 rings (SSSR count). The fourth-order valence-corrected chi connectivity index (χ4v) is 5.97. The first-order valence-electron chi connectivity index (χ1n) is 11.8. The number of anilines is 1. The number of piperazine rings is 1. The minimum Gasteiger partial charge on any atom is -0.354 e. The molecule has 1 aromatic carbocycles. The second kappa shape index (κ2) is 7.02. The number of rotatable bonds is 2. The van der Waals surface area contributed by atoms with Gasteiger partial charge < -0.3 is 4.90 Å². The molecule has 0 N–H and O–H groups in total. The number of fused-ring (bicyclic) bond motifs is 3. The number of hydrogen-bond acceptors (Lipinski definition) is 5. The molecule has 1 saturated heterocycles. The summed E-state index contributed by atoms with van der Waals surface area (Å²) < 4.78 is 0. The molecule has 0 radical (unpaired) electrons. The minimum atomic E-state index is -0.254. The van der Waals surface area contributed by atoms with Crippen molar-refractivity contribution in [1.82, 2.24) is 9.88 Å². The van der Waals surface area contributed by atoms with Crippen molar-refractivity contribution < 1.29 is 4.79 Å². The van der Waals surface area contributed by atoms with Crippen LogP contribution in [0.1, 0.15) is 65.7 Å². The molecular weight excluding hydrogens is 396 g/mol. The molecule has 162 valence electrons. The lowest BCUT2D eigenvalue weighted by Gasteiger charge is -2.43. The molecule has 2 fully saturated rings. The number of benzene rings is 1. The van der Waals surface area contributed by atoms with Crippen molar-refractivity contribution in [2.75, 3.05) is 31.1 Å². The van der Waals surface area contributed by atoms with Crippen molar-refractivity contribution in [3.05, 3.63) is 63.9 Å². The Kier molecular flexibility index (Phi) is 4.32. The number of ketones is 1. The summed E-state index contributed by atoms with van der Waals surface area (Å²) in [5.41, 5.74) is 6.27. The molecule has 3 aliphatic carbocycles. The molecule has 5 nitrogen and oxygen atoms in total. The number of Topliss-reactive ketones (excluding diaryl/α,β-unsaturated/α-hetero) is 1. The molecule has 1 saturated carbocycles. The highest BCUT2D eigenvalue weighted by Gasteiger charge is 2.43. The van der Waals surface area contributed by atoms with Crippen LogP contribution in [0.5, 0.6) is 0 Å². The van der Waals surface area contributed by atoms with Crippen molar-refractivity contribution in [2.45, 2.75) is 51.0 Å². The number of allylic oxidation sites excluding steroid dienone is 2. The van der Waals surface area contributed by atoms with Crippen molar-refractivity contribution in [1.29, 1.82) is 5.26 Å². The third-order valence-corrected chi connectivity index (χ3v) is 8.19. The van der Waals surface area contributed by atoms with Crippen LogP contribution < -0.4 is 4.90 Å². The summed E-state index contributed by atoms with van der Waals surface area (Å²) in [6.07, 6.45) is 6.61. The van der Waals surface area contributed by atoms with Gasteiger partial charge in [-0.3, -0.25) is 9.69 Å². The molecule has 1 aliphatic heterocycles. The van der Waals surface area contributed by atoms with Crippen LogP contribution in [0.2, 0.25) is 0 Å². The molecular formula is C27H28N4O. The number of aromatic nitrogens is 1. The van der Waals surface area contributed by atoms with Crippen LogP contribution in [-0.2, 0) is 11.8 Å². The number of carbonyl (C=O) groups is 1. The number of nitrogens with zero attached hydrogens (tertiary/aromatic N) is 4. The van der Waals surface area contributed by atoms with E-state index in [0.29, 0.717) is 5.56 Å². The van der Waals surface area contributed by atoms with Gasteiger partial charge >= 0.3 is 0 Å². The van der Waals surface area contributed by atoms with Gasteiger partial charge in [0.1, 0.15) is 5.82 Å². The van der Waals surface area contributed by atoms with Crippen LogP contribution in [0.3, 0.4) is 0 Å². The Morgan fingerprint density at radius 1 is 1.09 bits per heavy atom. The highest BCUT2D eigenvalue weighted by atomic mass is 16.1. The third kappa shape index (κ3) is 2.79. The van der Waals surface area contributed by atoms with Crippen molar-refractivity contribution in [2.24, 2.45) is 0 Å². The zero-order valence-electron chi connectivity index (χ0n) is 18.8. The first-order valence-corrected chi connectivity index (χ1v) is 11.8. The fourth-order valence-electron chi connectivity index (χ4n) is 5.97. The second-order valence-electron chi connectivity index (χ2n) is 10.2. The minimum absolute atomic E-state index is 0.0756. The van der Waals surface area contributed by atoms with Crippen LogP contribution >= 0.6 is 0 Å². The number of hydrogen-bond donors (Lipinski definition) is 0. The Morgan fingerprint density at radius 2 is 1.88 bits per heavy atom. The van der Waals surface area contributed by atoms with E-state index in [1.54, 1.807) is 6.20 Å². The first-order chi connectivity index (χ1) is 15.5. The number of nitriles is 1. The van der Waals surface area contributed by atoms with Crippen LogP contribution in [-0.4, -0.2) is 47.9 Å². The Bertz CT molecular complexity index is 1210. The lowest BCUT2D eigenvalue weighted by molar-refractivity contribution is 0.105. The predicted molar refractivity (Wildman–Crippen MR) is 125 cm³/mol. The Balaban J connectivity index is 1.32. The van der Waals surface area contributed by atoms with Crippen LogP contribution in [0, 0.1) is 11.3 Å². The Hall–Kier alpha value is -2.97. The third-order valence-electron chi connectivity index (χ3n) is 8.19. The number of pyridine rings is 1. The SMILES string of the molecule is CC1(C)C2=C(C(=O)c3cnc(N4CCN(C5CCC5)CC4)cc31)c1ccc(C#N)cc1C2. The summed E-state index contributed by atoms with van der Waals surface area (Å²) in [5.74, 6) is 1.07. The Morgan fingerprint density at radius 3 is 2.56 bits per heavy atom. The lowest BCUT2D eigenvalue weighted by atomic mass is 9.69. The van der Waals surface area contributed by atoms with E-state index < -0.39 is 0 Å². The van der Waals surface area contributed by atoms with Gasteiger partial charge in [-0.05, 0) is 59.7 Å². The summed E-state index contributed by atoms with van der Waals surface area (Å²) in [5, 5.41) is 9.30. The van der Waals surface area contributed by atoms with Gasteiger partial charge in [0.25, 0.3) is 0 Å². The van der Waals surface area contributed by atoms with E-state index in [1.165, 1.54) is 24.8 Å². The average molecular weight is 425 g/mol. The van der Waals surface area contributed by atoms with E-state index in [2.05, 4.69) is 35.8 Å². The second-order valence-corrected chi connectivity index (χ2v) is 10.2. The maximum atomic E-state index is 13.6. The average Bonchev–Trinajstić information content (AvgIpc) is 3.17. The molecule has 2 heterocycles. The molecule has 0 atom stereocenters. The predicted octanol–water partition coefficient (Wildman–Crippen LogP) is 4.11. The maximum absolute atomic E-state index is 13.6. The van der Waals surface area contributed by atoms with Crippen molar-refractivity contribution in [3.8, 4) is 6.07 Å². The highest BCUT2D eigenvalue weighted by Crippen LogP contribution is 2.50. The molecule has 32 heavy (non-hydrogen) atoms. The molecule has 0 bridgehead atoms. The summed E-state index contributed by atoms with van der Waals surface area (Å²) in [6, 6.07) is 10.9. The van der Waals surface area contributed by atoms with Gasteiger partial charge in [-0.25, -0.2) is 4.98 Å². The number of carbonyl (C=O) groups excluding carboxylic acids is 1. The smallest absolute Gasteiger partial charge is 0.195 e. The largest absolute Gasteiger partial charge is 0.354 e.